The van der Waals surface area contributed by atoms with Crippen LogP contribution in [-0.2, 0) is 11.3 Å². The summed E-state index contributed by atoms with van der Waals surface area (Å²) in [5.74, 6) is 0.133. The Labute approximate surface area is 118 Å². The lowest BCUT2D eigenvalue weighted by Gasteiger charge is -2.20. The number of carbonyl (C=O) groups excluding carboxylic acids is 1. The van der Waals surface area contributed by atoms with Gasteiger partial charge in [0.25, 0.3) is 0 Å². The van der Waals surface area contributed by atoms with Crippen molar-refractivity contribution >= 4 is 22.4 Å². The minimum absolute atomic E-state index is 0.114. The summed E-state index contributed by atoms with van der Waals surface area (Å²) in [5.41, 5.74) is 0.114. The number of aromatic nitrogens is 1. The molecule has 2 N–H and O–H groups in total. The summed E-state index contributed by atoms with van der Waals surface area (Å²) >= 11 is 1.70. The third-order valence-electron chi connectivity index (χ3n) is 2.92. The van der Waals surface area contributed by atoms with Crippen LogP contribution in [0.5, 0.6) is 0 Å². The van der Waals surface area contributed by atoms with Crippen LogP contribution in [0.25, 0.3) is 0 Å². The molecule has 6 heteroatoms. The van der Waals surface area contributed by atoms with E-state index in [-0.39, 0.29) is 11.4 Å². The Morgan fingerprint density at radius 1 is 1.47 bits per heavy atom. The van der Waals surface area contributed by atoms with E-state index in [1.807, 2.05) is 6.20 Å². The molecular formula is C13H22N4OS. The third-order valence-corrected chi connectivity index (χ3v) is 3.98. The molecule has 0 radical (unpaired) electrons. The summed E-state index contributed by atoms with van der Waals surface area (Å²) < 4.78 is 0. The van der Waals surface area contributed by atoms with Crippen LogP contribution in [0, 0.1) is 0 Å². The molecule has 0 saturated carbocycles. The van der Waals surface area contributed by atoms with E-state index in [0.29, 0.717) is 13.0 Å². The number of rotatable bonds is 3. The van der Waals surface area contributed by atoms with Gasteiger partial charge in [0, 0.05) is 49.2 Å². The van der Waals surface area contributed by atoms with E-state index < -0.39 is 0 Å². The van der Waals surface area contributed by atoms with Crippen molar-refractivity contribution in [2.45, 2.75) is 39.3 Å². The normalized spacial score (nSPS) is 17.2. The molecule has 0 bridgehead atoms. The summed E-state index contributed by atoms with van der Waals surface area (Å²) in [6.07, 6.45) is 2.48. The Morgan fingerprint density at radius 3 is 3.00 bits per heavy atom. The lowest BCUT2D eigenvalue weighted by Crippen LogP contribution is -2.34. The van der Waals surface area contributed by atoms with Gasteiger partial charge < -0.3 is 15.5 Å². The van der Waals surface area contributed by atoms with Gasteiger partial charge in [0.2, 0.25) is 5.91 Å². The summed E-state index contributed by atoms with van der Waals surface area (Å²) in [5, 5.41) is 7.36. The number of hydrogen-bond acceptors (Lipinski definition) is 5. The molecule has 1 aromatic heterocycles. The summed E-state index contributed by atoms with van der Waals surface area (Å²) in [7, 11) is 0. The van der Waals surface area contributed by atoms with Crippen LogP contribution in [0.4, 0.5) is 5.13 Å². The standard InChI is InChI=1S/C13H22N4OS/c1-13(2,3)16-9-10-8-15-12(19-10)17-6-4-11(18)14-5-7-17/h8,16H,4-7,9H2,1-3H3,(H,14,18). The van der Waals surface area contributed by atoms with Gasteiger partial charge in [0.1, 0.15) is 0 Å². The van der Waals surface area contributed by atoms with Gasteiger partial charge in [-0.15, -0.1) is 11.3 Å². The lowest BCUT2D eigenvalue weighted by molar-refractivity contribution is -0.120. The van der Waals surface area contributed by atoms with E-state index in [1.54, 1.807) is 11.3 Å². The molecule has 1 aliphatic heterocycles. The average Bonchev–Trinajstić information content (AvgIpc) is 2.69. The van der Waals surface area contributed by atoms with Gasteiger partial charge in [-0.25, -0.2) is 4.98 Å². The van der Waals surface area contributed by atoms with E-state index in [4.69, 9.17) is 0 Å². The van der Waals surface area contributed by atoms with Gasteiger partial charge in [0.05, 0.1) is 0 Å². The molecule has 106 valence electrons. The largest absolute Gasteiger partial charge is 0.354 e. The topological polar surface area (TPSA) is 57.3 Å². The van der Waals surface area contributed by atoms with Crippen LogP contribution < -0.4 is 15.5 Å². The summed E-state index contributed by atoms with van der Waals surface area (Å²) in [4.78, 5) is 19.2. The maximum atomic E-state index is 11.3. The summed E-state index contributed by atoms with van der Waals surface area (Å²) in [6, 6.07) is 0. The molecule has 1 aromatic rings. The molecule has 19 heavy (non-hydrogen) atoms. The van der Waals surface area contributed by atoms with E-state index in [2.05, 4.69) is 41.3 Å². The fourth-order valence-electron chi connectivity index (χ4n) is 1.84. The number of carbonyl (C=O) groups is 1. The first kappa shape index (κ1) is 14.3. The van der Waals surface area contributed by atoms with Crippen LogP contribution in [0.15, 0.2) is 6.20 Å². The second-order valence-corrected chi connectivity index (χ2v) is 6.89. The van der Waals surface area contributed by atoms with E-state index in [9.17, 15) is 4.79 Å². The van der Waals surface area contributed by atoms with Gasteiger partial charge >= 0.3 is 0 Å². The predicted molar refractivity (Wildman–Crippen MR) is 78.5 cm³/mol. The number of anilines is 1. The summed E-state index contributed by atoms with van der Waals surface area (Å²) in [6.45, 7) is 9.60. The Hall–Kier alpha value is -1.14. The van der Waals surface area contributed by atoms with Crippen LogP contribution >= 0.6 is 11.3 Å². The molecule has 1 fully saturated rings. The van der Waals surface area contributed by atoms with Crippen molar-refractivity contribution in [1.82, 2.24) is 15.6 Å². The molecule has 0 aliphatic carbocycles. The number of hydrogen-bond donors (Lipinski definition) is 2. The Balaban J connectivity index is 1.94. The zero-order valence-electron chi connectivity index (χ0n) is 11.8. The molecule has 2 rings (SSSR count). The van der Waals surface area contributed by atoms with E-state index in [0.717, 1.165) is 24.8 Å². The smallest absolute Gasteiger partial charge is 0.221 e. The third kappa shape index (κ3) is 4.47. The minimum Gasteiger partial charge on any atom is -0.354 e. The van der Waals surface area contributed by atoms with Crippen molar-refractivity contribution in [2.75, 3.05) is 24.5 Å². The van der Waals surface area contributed by atoms with E-state index in [1.165, 1.54) is 4.88 Å². The monoisotopic (exact) mass is 282 g/mol. The van der Waals surface area contributed by atoms with E-state index >= 15 is 0 Å². The van der Waals surface area contributed by atoms with Crippen LogP contribution in [0.1, 0.15) is 32.1 Å². The van der Waals surface area contributed by atoms with Gasteiger partial charge in [-0.05, 0) is 20.8 Å². The second-order valence-electron chi connectivity index (χ2n) is 5.80. The Morgan fingerprint density at radius 2 is 2.26 bits per heavy atom. The lowest BCUT2D eigenvalue weighted by atomic mass is 10.1. The first-order valence-electron chi connectivity index (χ1n) is 6.65. The highest BCUT2D eigenvalue weighted by Gasteiger charge is 2.17. The van der Waals surface area contributed by atoms with Crippen LogP contribution in [-0.4, -0.2) is 36.1 Å². The highest BCUT2D eigenvalue weighted by molar-refractivity contribution is 7.15. The van der Waals surface area contributed by atoms with Gasteiger partial charge in [0.15, 0.2) is 5.13 Å². The number of nitrogens with zero attached hydrogens (tertiary/aromatic N) is 2. The molecule has 0 spiro atoms. The van der Waals surface area contributed by atoms with Crippen molar-refractivity contribution in [3.8, 4) is 0 Å². The Bertz CT molecular complexity index is 438. The Kier molecular flexibility index (Phi) is 4.42. The molecule has 1 amide bonds. The zero-order chi connectivity index (χ0) is 13.9. The van der Waals surface area contributed by atoms with Crippen molar-refractivity contribution in [3.63, 3.8) is 0 Å². The maximum Gasteiger partial charge on any atom is 0.221 e. The molecular weight excluding hydrogens is 260 g/mol. The number of thiazole rings is 1. The van der Waals surface area contributed by atoms with Gasteiger partial charge in [-0.2, -0.15) is 0 Å². The molecule has 0 unspecified atom stereocenters. The zero-order valence-corrected chi connectivity index (χ0v) is 12.6. The van der Waals surface area contributed by atoms with Crippen molar-refractivity contribution < 1.29 is 4.79 Å². The van der Waals surface area contributed by atoms with Crippen molar-refractivity contribution in [2.24, 2.45) is 0 Å². The van der Waals surface area contributed by atoms with Gasteiger partial charge in [-0.1, -0.05) is 0 Å². The van der Waals surface area contributed by atoms with Crippen molar-refractivity contribution in [3.05, 3.63) is 11.1 Å². The SMILES string of the molecule is CC(C)(C)NCc1cnc(N2CCNC(=O)CC2)s1. The highest BCUT2D eigenvalue weighted by Crippen LogP contribution is 2.23. The molecule has 1 aliphatic rings. The first-order valence-corrected chi connectivity index (χ1v) is 7.47. The van der Waals surface area contributed by atoms with Gasteiger partial charge in [-0.3, -0.25) is 4.79 Å². The molecule has 0 aromatic carbocycles. The van der Waals surface area contributed by atoms with Crippen molar-refractivity contribution in [1.29, 1.82) is 0 Å². The quantitative estimate of drug-likeness (QED) is 0.879. The van der Waals surface area contributed by atoms with Crippen LogP contribution in [0.2, 0.25) is 0 Å². The predicted octanol–water partition coefficient (Wildman–Crippen LogP) is 1.36. The first-order chi connectivity index (χ1) is 8.94. The fourth-order valence-corrected chi connectivity index (χ4v) is 2.74. The second kappa shape index (κ2) is 5.88. The maximum absolute atomic E-state index is 11.3. The average molecular weight is 282 g/mol. The number of amides is 1. The minimum atomic E-state index is 0.114. The molecule has 1 saturated heterocycles. The number of nitrogens with one attached hydrogen (secondary N) is 2. The fraction of sp³-hybridized carbons (Fsp3) is 0.692. The molecule has 0 atom stereocenters. The van der Waals surface area contributed by atoms with Crippen LogP contribution in [0.3, 0.4) is 0 Å². The molecule has 5 nitrogen and oxygen atoms in total. The molecule has 2 heterocycles. The highest BCUT2D eigenvalue weighted by atomic mass is 32.1.